The van der Waals surface area contributed by atoms with E-state index in [9.17, 15) is 19.7 Å². The highest BCUT2D eigenvalue weighted by Crippen LogP contribution is 2.34. The molecule has 0 saturated heterocycles. The molecule has 1 atom stereocenters. The van der Waals surface area contributed by atoms with Crippen molar-refractivity contribution < 1.29 is 14.5 Å². The molecule has 23 heavy (non-hydrogen) atoms. The van der Waals surface area contributed by atoms with E-state index in [2.05, 4.69) is 10.2 Å². The van der Waals surface area contributed by atoms with Gasteiger partial charge in [-0.1, -0.05) is 12.1 Å². The molecule has 1 aliphatic rings. The monoisotopic (exact) mass is 314 g/mol. The van der Waals surface area contributed by atoms with Crippen LogP contribution in [-0.4, -0.2) is 15.2 Å². The second kappa shape index (κ2) is 5.93. The van der Waals surface area contributed by atoms with Gasteiger partial charge in [0.15, 0.2) is 6.17 Å². The first-order chi connectivity index (χ1) is 11.1. The minimum atomic E-state index is -1.01. The zero-order valence-electron chi connectivity index (χ0n) is 11.7. The van der Waals surface area contributed by atoms with Crippen molar-refractivity contribution in [1.29, 1.82) is 0 Å². The average Bonchev–Trinajstić information content (AvgIpc) is 2.55. The van der Waals surface area contributed by atoms with Crippen molar-refractivity contribution in [1.82, 2.24) is 5.06 Å². The minimum absolute atomic E-state index is 0.158. The zero-order chi connectivity index (χ0) is 16.4. The number of hydrogen-bond acceptors (Lipinski definition) is 6. The van der Waals surface area contributed by atoms with Crippen LogP contribution >= 0.6 is 0 Å². The number of halogens is 1. The molecule has 2 aromatic carbocycles. The largest absolute Gasteiger partial charge is 0.286 e. The third-order valence-electron chi connectivity index (χ3n) is 3.33. The Morgan fingerprint density at radius 1 is 1.17 bits per heavy atom. The lowest BCUT2D eigenvalue weighted by Crippen LogP contribution is -2.21. The number of nitro groups is 1. The van der Waals surface area contributed by atoms with Crippen molar-refractivity contribution in [2.24, 2.45) is 10.2 Å². The maximum Gasteiger partial charge on any atom is 0.276 e. The van der Waals surface area contributed by atoms with E-state index in [0.29, 0.717) is 11.3 Å². The summed E-state index contributed by atoms with van der Waals surface area (Å²) < 4.78 is 12.9. The predicted octanol–water partition coefficient (Wildman–Crippen LogP) is 3.89. The lowest BCUT2D eigenvalue weighted by molar-refractivity contribution is -0.386. The van der Waals surface area contributed by atoms with Crippen molar-refractivity contribution in [2.45, 2.75) is 6.17 Å². The number of hydroxylamine groups is 2. The van der Waals surface area contributed by atoms with E-state index in [4.69, 9.17) is 0 Å². The van der Waals surface area contributed by atoms with Crippen LogP contribution in [0, 0.1) is 15.9 Å². The summed E-state index contributed by atoms with van der Waals surface area (Å²) in [5.41, 5.74) is 0.949. The molecule has 3 rings (SSSR count). The molecule has 8 heteroatoms. The van der Waals surface area contributed by atoms with Gasteiger partial charge >= 0.3 is 0 Å². The van der Waals surface area contributed by atoms with Gasteiger partial charge in [-0.2, -0.15) is 10.2 Å². The van der Waals surface area contributed by atoms with Gasteiger partial charge in [-0.25, -0.2) is 9.45 Å². The molecule has 116 valence electrons. The molecular formula is C15H11FN4O3. The average molecular weight is 314 g/mol. The number of azo groups is 1. The quantitative estimate of drug-likeness (QED) is 0.687. The van der Waals surface area contributed by atoms with Gasteiger partial charge in [-0.05, 0) is 30.3 Å². The molecule has 0 aliphatic carbocycles. The van der Waals surface area contributed by atoms with E-state index in [1.165, 1.54) is 48.7 Å². The molecule has 0 bridgehead atoms. The summed E-state index contributed by atoms with van der Waals surface area (Å²) in [5, 5.41) is 29.9. The van der Waals surface area contributed by atoms with Crippen molar-refractivity contribution in [2.75, 3.05) is 0 Å². The van der Waals surface area contributed by atoms with Crippen LogP contribution in [0.2, 0.25) is 0 Å². The molecule has 0 amide bonds. The van der Waals surface area contributed by atoms with Crippen molar-refractivity contribution in [3.05, 3.63) is 81.8 Å². The van der Waals surface area contributed by atoms with Crippen molar-refractivity contribution >= 4 is 11.4 Å². The fourth-order valence-corrected chi connectivity index (χ4v) is 2.22. The van der Waals surface area contributed by atoms with Crippen LogP contribution in [0.5, 0.6) is 0 Å². The highest BCUT2D eigenvalue weighted by Gasteiger charge is 2.27. The topological polar surface area (TPSA) is 91.3 Å². The van der Waals surface area contributed by atoms with Gasteiger partial charge < -0.3 is 0 Å². The van der Waals surface area contributed by atoms with Gasteiger partial charge in [0.1, 0.15) is 11.5 Å². The molecule has 1 N–H and O–H groups in total. The standard InChI is InChI=1S/C15H11FN4O3/c16-11-7-5-10(6-8-11)13-9-19(21)15(18-17-13)12-3-1-2-4-14(12)20(22)23/h1-9,15,21H. The smallest absolute Gasteiger partial charge is 0.276 e. The van der Waals surface area contributed by atoms with Crippen molar-refractivity contribution in [3.63, 3.8) is 0 Å². The molecule has 1 unspecified atom stereocenters. The SMILES string of the molecule is O=[N+]([O-])c1ccccc1C1N=NC(c2ccc(F)cc2)=CN1O. The maximum absolute atomic E-state index is 12.9. The Balaban J connectivity index is 1.92. The summed E-state index contributed by atoms with van der Waals surface area (Å²) >= 11 is 0. The molecule has 7 nitrogen and oxygen atoms in total. The van der Waals surface area contributed by atoms with Gasteiger partial charge in [0.25, 0.3) is 5.69 Å². The fourth-order valence-electron chi connectivity index (χ4n) is 2.22. The van der Waals surface area contributed by atoms with E-state index in [-0.39, 0.29) is 17.1 Å². The van der Waals surface area contributed by atoms with Gasteiger partial charge in [0.05, 0.1) is 16.7 Å². The molecule has 1 heterocycles. The Hall–Kier alpha value is -3.13. The number of hydrogen-bond donors (Lipinski definition) is 1. The molecule has 0 aromatic heterocycles. The van der Waals surface area contributed by atoms with Gasteiger partial charge in [0.2, 0.25) is 0 Å². The molecule has 2 aromatic rings. The summed E-state index contributed by atoms with van der Waals surface area (Å²) in [6.07, 6.45) is 0.280. The number of benzene rings is 2. The van der Waals surface area contributed by atoms with Crippen molar-refractivity contribution in [3.8, 4) is 0 Å². The second-order valence-corrected chi connectivity index (χ2v) is 4.81. The maximum atomic E-state index is 12.9. The lowest BCUT2D eigenvalue weighted by atomic mass is 10.1. The highest BCUT2D eigenvalue weighted by molar-refractivity contribution is 5.64. The van der Waals surface area contributed by atoms with Crippen LogP contribution in [-0.2, 0) is 0 Å². The van der Waals surface area contributed by atoms with Crippen LogP contribution in [0.3, 0.4) is 0 Å². The van der Waals surface area contributed by atoms with Crippen LogP contribution < -0.4 is 0 Å². The molecule has 1 aliphatic heterocycles. The Morgan fingerprint density at radius 2 is 1.87 bits per heavy atom. The summed E-state index contributed by atoms with van der Waals surface area (Å²) in [6, 6.07) is 11.5. The first-order valence-corrected chi connectivity index (χ1v) is 6.65. The summed E-state index contributed by atoms with van der Waals surface area (Å²) in [7, 11) is 0. The predicted molar refractivity (Wildman–Crippen MR) is 78.7 cm³/mol. The normalized spacial score (nSPS) is 17.0. The Kier molecular flexibility index (Phi) is 3.82. The first-order valence-electron chi connectivity index (χ1n) is 6.65. The third kappa shape index (κ3) is 2.92. The van der Waals surface area contributed by atoms with E-state index in [1.807, 2.05) is 0 Å². The van der Waals surface area contributed by atoms with Gasteiger partial charge in [-0.15, -0.1) is 0 Å². The van der Waals surface area contributed by atoms with E-state index in [0.717, 1.165) is 5.06 Å². The second-order valence-electron chi connectivity index (χ2n) is 4.81. The van der Waals surface area contributed by atoms with Gasteiger partial charge in [-0.3, -0.25) is 15.3 Å². The first kappa shape index (κ1) is 14.8. The number of nitro benzene ring substituents is 1. The molecule has 0 spiro atoms. The van der Waals surface area contributed by atoms with Gasteiger partial charge in [0, 0.05) is 11.6 Å². The Bertz CT molecular complexity index is 805. The highest BCUT2D eigenvalue weighted by atomic mass is 19.1. The van der Waals surface area contributed by atoms with E-state index < -0.39 is 11.1 Å². The fraction of sp³-hybridized carbons (Fsp3) is 0.0667. The van der Waals surface area contributed by atoms with E-state index >= 15 is 0 Å². The number of para-hydroxylation sites is 1. The van der Waals surface area contributed by atoms with Crippen LogP contribution in [0.15, 0.2) is 65.0 Å². The number of nitrogens with zero attached hydrogens (tertiary/aromatic N) is 4. The van der Waals surface area contributed by atoms with Crippen LogP contribution in [0.4, 0.5) is 10.1 Å². The molecule has 0 radical (unpaired) electrons. The van der Waals surface area contributed by atoms with E-state index in [1.54, 1.807) is 6.07 Å². The Morgan fingerprint density at radius 3 is 2.52 bits per heavy atom. The van der Waals surface area contributed by atoms with Crippen LogP contribution in [0.25, 0.3) is 5.70 Å². The summed E-state index contributed by atoms with van der Waals surface area (Å²) in [5.74, 6) is -0.388. The lowest BCUT2D eigenvalue weighted by Gasteiger charge is -2.24. The summed E-state index contributed by atoms with van der Waals surface area (Å²) in [6.45, 7) is 0. The molecule has 0 saturated carbocycles. The summed E-state index contributed by atoms with van der Waals surface area (Å²) in [4.78, 5) is 10.5. The zero-order valence-corrected chi connectivity index (χ0v) is 11.7. The minimum Gasteiger partial charge on any atom is -0.286 e. The molecule has 0 fully saturated rings. The third-order valence-corrected chi connectivity index (χ3v) is 3.33. The Labute approximate surface area is 130 Å². The van der Waals surface area contributed by atoms with Crippen LogP contribution in [0.1, 0.15) is 17.3 Å². The molecular weight excluding hydrogens is 303 g/mol. The number of rotatable bonds is 3.